The Morgan fingerprint density at radius 1 is 1.39 bits per heavy atom. The predicted octanol–water partition coefficient (Wildman–Crippen LogP) is 1.61. The number of benzene rings is 1. The van der Waals surface area contributed by atoms with Crippen molar-refractivity contribution >= 4 is 0 Å². The smallest absolute Gasteiger partial charge is 0.121 e. The van der Waals surface area contributed by atoms with E-state index in [9.17, 15) is 0 Å². The van der Waals surface area contributed by atoms with Gasteiger partial charge >= 0.3 is 0 Å². The molecule has 0 saturated heterocycles. The van der Waals surface area contributed by atoms with E-state index in [1.807, 2.05) is 23.7 Å². The van der Waals surface area contributed by atoms with Crippen LogP contribution in [0, 0.1) is 6.92 Å². The second-order valence-electron chi connectivity index (χ2n) is 4.17. The van der Waals surface area contributed by atoms with Gasteiger partial charge < -0.3 is 10.5 Å². The summed E-state index contributed by atoms with van der Waals surface area (Å²) in [5.74, 6) is 0.889. The highest BCUT2D eigenvalue weighted by Crippen LogP contribution is 2.25. The summed E-state index contributed by atoms with van der Waals surface area (Å²) in [6.45, 7) is 3.47. The van der Waals surface area contributed by atoms with Gasteiger partial charge in [-0.25, -0.2) is 4.68 Å². The molecule has 5 heteroatoms. The molecule has 0 radical (unpaired) electrons. The van der Waals surface area contributed by atoms with E-state index >= 15 is 0 Å². The highest BCUT2D eigenvalue weighted by molar-refractivity contribution is 5.61. The number of methoxy groups -OCH3 is 1. The molecule has 18 heavy (non-hydrogen) atoms. The van der Waals surface area contributed by atoms with E-state index in [1.54, 1.807) is 13.3 Å². The minimum atomic E-state index is 0.654. The molecular weight excluding hydrogens is 228 g/mol. The number of hydrogen-bond donors (Lipinski definition) is 1. The SMILES string of the molecule is COc1ccc(-c2cnnn2CCCN)cc1C. The molecule has 2 aromatic rings. The lowest BCUT2D eigenvalue weighted by Gasteiger charge is -2.08. The van der Waals surface area contributed by atoms with Crippen LogP contribution in [0.1, 0.15) is 12.0 Å². The van der Waals surface area contributed by atoms with Crippen LogP contribution in [0.15, 0.2) is 24.4 Å². The number of ether oxygens (including phenoxy) is 1. The molecule has 0 amide bonds. The lowest BCUT2D eigenvalue weighted by atomic mass is 10.1. The molecule has 0 saturated carbocycles. The maximum atomic E-state index is 5.52. The summed E-state index contributed by atoms with van der Waals surface area (Å²) in [7, 11) is 1.68. The van der Waals surface area contributed by atoms with Crippen molar-refractivity contribution in [3.63, 3.8) is 0 Å². The summed E-state index contributed by atoms with van der Waals surface area (Å²) in [4.78, 5) is 0. The van der Waals surface area contributed by atoms with Gasteiger partial charge in [0.05, 0.1) is 19.0 Å². The van der Waals surface area contributed by atoms with Gasteiger partial charge in [-0.15, -0.1) is 5.10 Å². The summed E-state index contributed by atoms with van der Waals surface area (Å²) in [5.41, 5.74) is 8.72. The first kappa shape index (κ1) is 12.6. The van der Waals surface area contributed by atoms with Crippen molar-refractivity contribution in [3.05, 3.63) is 30.0 Å². The van der Waals surface area contributed by atoms with E-state index in [0.29, 0.717) is 6.54 Å². The number of aryl methyl sites for hydroxylation is 2. The first-order valence-electron chi connectivity index (χ1n) is 6.00. The second kappa shape index (κ2) is 5.64. The predicted molar refractivity (Wildman–Crippen MR) is 70.4 cm³/mol. The van der Waals surface area contributed by atoms with Crippen LogP contribution in [0.5, 0.6) is 5.75 Å². The third-order valence-corrected chi connectivity index (χ3v) is 2.88. The fraction of sp³-hybridized carbons (Fsp3) is 0.385. The third-order valence-electron chi connectivity index (χ3n) is 2.88. The van der Waals surface area contributed by atoms with Crippen LogP contribution >= 0.6 is 0 Å². The summed E-state index contributed by atoms with van der Waals surface area (Å²) >= 11 is 0. The Kier molecular flexibility index (Phi) is 3.94. The lowest BCUT2D eigenvalue weighted by Crippen LogP contribution is -2.08. The molecule has 1 aromatic carbocycles. The molecule has 0 unspecified atom stereocenters. The lowest BCUT2D eigenvalue weighted by molar-refractivity contribution is 0.412. The highest BCUT2D eigenvalue weighted by atomic mass is 16.5. The van der Waals surface area contributed by atoms with Crippen molar-refractivity contribution in [1.82, 2.24) is 15.0 Å². The van der Waals surface area contributed by atoms with Crippen LogP contribution in [0.2, 0.25) is 0 Å². The largest absolute Gasteiger partial charge is 0.496 e. The summed E-state index contributed by atoms with van der Waals surface area (Å²) in [5, 5.41) is 8.05. The molecule has 2 rings (SSSR count). The average Bonchev–Trinajstić information content (AvgIpc) is 2.84. The molecule has 5 nitrogen and oxygen atoms in total. The Balaban J connectivity index is 2.31. The number of nitrogens with zero attached hydrogens (tertiary/aromatic N) is 3. The standard InChI is InChI=1S/C13H18N4O/c1-10-8-11(4-5-13(10)18-2)12-9-15-16-17(12)7-3-6-14/h4-5,8-9H,3,6-7,14H2,1-2H3. The normalized spacial score (nSPS) is 10.6. The zero-order valence-corrected chi connectivity index (χ0v) is 10.8. The summed E-state index contributed by atoms with van der Waals surface area (Å²) in [6, 6.07) is 6.06. The van der Waals surface area contributed by atoms with Crippen LogP contribution in [0.4, 0.5) is 0 Å². The zero-order chi connectivity index (χ0) is 13.0. The van der Waals surface area contributed by atoms with Crippen LogP contribution in [0.3, 0.4) is 0 Å². The minimum absolute atomic E-state index is 0.654. The van der Waals surface area contributed by atoms with E-state index in [2.05, 4.69) is 16.4 Å². The average molecular weight is 246 g/mol. The van der Waals surface area contributed by atoms with Crippen molar-refractivity contribution in [2.24, 2.45) is 5.73 Å². The van der Waals surface area contributed by atoms with Gasteiger partial charge in [0.25, 0.3) is 0 Å². The van der Waals surface area contributed by atoms with Crippen LogP contribution in [-0.4, -0.2) is 28.6 Å². The molecule has 0 aliphatic heterocycles. The van der Waals surface area contributed by atoms with Crippen LogP contribution in [0.25, 0.3) is 11.3 Å². The summed E-state index contributed by atoms with van der Waals surface area (Å²) < 4.78 is 7.14. The van der Waals surface area contributed by atoms with Crippen LogP contribution < -0.4 is 10.5 Å². The van der Waals surface area contributed by atoms with E-state index < -0.39 is 0 Å². The van der Waals surface area contributed by atoms with Gasteiger partial charge in [-0.3, -0.25) is 0 Å². The van der Waals surface area contributed by atoms with Gasteiger partial charge in [0.15, 0.2) is 0 Å². The molecule has 0 aliphatic rings. The first-order valence-corrected chi connectivity index (χ1v) is 6.00. The number of nitrogens with two attached hydrogens (primary N) is 1. The topological polar surface area (TPSA) is 66.0 Å². The van der Waals surface area contributed by atoms with Gasteiger partial charge in [-0.2, -0.15) is 0 Å². The zero-order valence-electron chi connectivity index (χ0n) is 10.8. The molecule has 0 fully saturated rings. The maximum absolute atomic E-state index is 5.52. The maximum Gasteiger partial charge on any atom is 0.121 e. The van der Waals surface area contributed by atoms with Gasteiger partial charge in [0.2, 0.25) is 0 Å². The van der Waals surface area contributed by atoms with Gasteiger partial charge in [-0.1, -0.05) is 5.21 Å². The Bertz CT molecular complexity index is 521. The Hall–Kier alpha value is -1.88. The van der Waals surface area contributed by atoms with Gasteiger partial charge in [0.1, 0.15) is 5.75 Å². The molecule has 96 valence electrons. The minimum Gasteiger partial charge on any atom is -0.496 e. The van der Waals surface area contributed by atoms with E-state index in [0.717, 1.165) is 35.5 Å². The van der Waals surface area contributed by atoms with Crippen molar-refractivity contribution in [2.45, 2.75) is 19.9 Å². The Morgan fingerprint density at radius 2 is 2.22 bits per heavy atom. The molecule has 0 spiro atoms. The fourth-order valence-corrected chi connectivity index (χ4v) is 1.93. The third kappa shape index (κ3) is 2.51. The number of aromatic nitrogens is 3. The molecule has 0 bridgehead atoms. The van der Waals surface area contributed by atoms with E-state index in [-0.39, 0.29) is 0 Å². The number of hydrogen-bond acceptors (Lipinski definition) is 4. The monoisotopic (exact) mass is 246 g/mol. The second-order valence-corrected chi connectivity index (χ2v) is 4.17. The van der Waals surface area contributed by atoms with E-state index in [4.69, 9.17) is 10.5 Å². The van der Waals surface area contributed by atoms with E-state index in [1.165, 1.54) is 0 Å². The van der Waals surface area contributed by atoms with Crippen molar-refractivity contribution in [3.8, 4) is 17.0 Å². The van der Waals surface area contributed by atoms with Crippen molar-refractivity contribution in [1.29, 1.82) is 0 Å². The van der Waals surface area contributed by atoms with Crippen LogP contribution in [-0.2, 0) is 6.54 Å². The quantitative estimate of drug-likeness (QED) is 0.870. The fourth-order valence-electron chi connectivity index (χ4n) is 1.93. The molecule has 0 aliphatic carbocycles. The van der Waals surface area contributed by atoms with Crippen molar-refractivity contribution in [2.75, 3.05) is 13.7 Å². The molecule has 1 heterocycles. The molecular formula is C13H18N4O. The van der Waals surface area contributed by atoms with Gasteiger partial charge in [0, 0.05) is 12.1 Å². The first-order chi connectivity index (χ1) is 8.76. The highest BCUT2D eigenvalue weighted by Gasteiger charge is 2.08. The van der Waals surface area contributed by atoms with Crippen molar-refractivity contribution < 1.29 is 4.74 Å². The Morgan fingerprint density at radius 3 is 2.89 bits per heavy atom. The Labute approximate surface area is 107 Å². The molecule has 1 aromatic heterocycles. The van der Waals surface area contributed by atoms with Gasteiger partial charge in [-0.05, 0) is 43.7 Å². The number of rotatable bonds is 5. The molecule has 0 atom stereocenters. The summed E-state index contributed by atoms with van der Waals surface area (Å²) in [6.07, 6.45) is 2.67. The molecule has 2 N–H and O–H groups in total.